The first-order chi connectivity index (χ1) is 14.2. The highest BCUT2D eigenvalue weighted by Gasteiger charge is 2.16. The van der Waals surface area contributed by atoms with Gasteiger partial charge in [-0.2, -0.15) is 0 Å². The Hall–Kier alpha value is -1.12. The molecule has 2 fully saturated rings. The molecule has 2 saturated heterocycles. The Morgan fingerprint density at radius 3 is 1.37 bits per heavy atom. The third kappa shape index (κ3) is 20.2. The predicted molar refractivity (Wildman–Crippen MR) is 125 cm³/mol. The Balaban J connectivity index is 0.000000428. The predicted octanol–water partition coefficient (Wildman–Crippen LogP) is 3.03. The van der Waals surface area contributed by atoms with Crippen LogP contribution in [0.5, 0.6) is 0 Å². The molecule has 14 heteroatoms. The zero-order valence-electron chi connectivity index (χ0n) is 16.5. The summed E-state index contributed by atoms with van der Waals surface area (Å²) in [6.45, 7) is 0. The second-order valence-corrected chi connectivity index (χ2v) is 11.8. The van der Waals surface area contributed by atoms with Gasteiger partial charge in [0.25, 0.3) is 0 Å². The van der Waals surface area contributed by atoms with Crippen LogP contribution in [0.4, 0.5) is 9.59 Å². The molecule has 0 radical (unpaired) electrons. The summed E-state index contributed by atoms with van der Waals surface area (Å²) in [5.41, 5.74) is 12.9. The molecule has 0 bridgehead atoms. The number of amides is 4. The minimum Gasteiger partial charge on any atom is -0.464 e. The zero-order valence-corrected chi connectivity index (χ0v) is 19.8. The fourth-order valence-corrected chi connectivity index (χ4v) is 8.30. The van der Waals surface area contributed by atoms with Gasteiger partial charge in [-0.25, -0.2) is 20.4 Å². The normalized spacial score (nSPS) is 19.5. The SMILES string of the molecule is NC(=O)CCCC1CCSS1.NC(=O)CCCC1CCSS1.O=C(O)NNC(=O)O. The van der Waals surface area contributed by atoms with E-state index in [1.807, 2.05) is 43.2 Å². The molecule has 0 aromatic heterocycles. The zero-order chi connectivity index (χ0) is 22.8. The van der Waals surface area contributed by atoms with Crippen LogP contribution in [0.3, 0.4) is 0 Å². The first kappa shape index (κ1) is 28.9. The van der Waals surface area contributed by atoms with Crippen LogP contribution in [-0.4, -0.2) is 56.2 Å². The van der Waals surface area contributed by atoms with Gasteiger partial charge in [0.15, 0.2) is 0 Å². The number of carbonyl (C=O) groups excluding carboxylic acids is 2. The van der Waals surface area contributed by atoms with Crippen LogP contribution in [0.1, 0.15) is 51.4 Å². The number of carboxylic acid groups (broad SMARTS) is 2. The molecule has 0 saturated carbocycles. The molecule has 2 aliphatic rings. The van der Waals surface area contributed by atoms with Gasteiger partial charge in [-0.05, 0) is 38.5 Å². The molecule has 0 aromatic rings. The Kier molecular flexibility index (Phi) is 17.9. The topological polar surface area (TPSA) is 185 Å². The molecule has 30 heavy (non-hydrogen) atoms. The maximum atomic E-state index is 10.4. The standard InChI is InChI=1S/2C7H13NOS2.C2H4N2O4/c2*8-7(9)3-1-2-6-4-5-10-11-6;5-1(6)3-4-2(7)8/h2*6H,1-5H2,(H2,8,9);3-4H,(H,5,6)(H,7,8). The maximum absolute atomic E-state index is 10.4. The van der Waals surface area contributed by atoms with Crippen LogP contribution in [0, 0.1) is 0 Å². The number of rotatable bonds is 8. The third-order valence-corrected chi connectivity index (χ3v) is 9.64. The minimum absolute atomic E-state index is 0.166. The van der Waals surface area contributed by atoms with Gasteiger partial charge in [-0.15, -0.1) is 0 Å². The summed E-state index contributed by atoms with van der Waals surface area (Å²) in [7, 11) is 7.80. The summed E-state index contributed by atoms with van der Waals surface area (Å²) in [6, 6.07) is 0. The second-order valence-electron chi connectivity index (χ2n) is 6.24. The average Bonchev–Trinajstić information content (AvgIpc) is 3.34. The number of nitrogens with one attached hydrogen (secondary N) is 2. The lowest BCUT2D eigenvalue weighted by Crippen LogP contribution is -2.39. The molecule has 0 aliphatic carbocycles. The summed E-state index contributed by atoms with van der Waals surface area (Å²) in [5.74, 6) is 2.21. The maximum Gasteiger partial charge on any atom is 0.423 e. The van der Waals surface area contributed by atoms with E-state index in [2.05, 4.69) is 0 Å². The molecule has 2 rings (SSSR count). The van der Waals surface area contributed by atoms with Crippen LogP contribution in [-0.2, 0) is 9.59 Å². The molecular formula is C16H30N4O6S4. The number of nitrogens with two attached hydrogens (primary N) is 2. The number of hydrogen-bond donors (Lipinski definition) is 6. The van der Waals surface area contributed by atoms with E-state index in [1.54, 1.807) is 0 Å². The van der Waals surface area contributed by atoms with E-state index in [9.17, 15) is 19.2 Å². The fourth-order valence-electron chi connectivity index (χ4n) is 2.24. The molecule has 10 nitrogen and oxygen atoms in total. The van der Waals surface area contributed by atoms with Gasteiger partial charge in [0, 0.05) is 34.8 Å². The smallest absolute Gasteiger partial charge is 0.423 e. The van der Waals surface area contributed by atoms with Crippen molar-refractivity contribution in [2.45, 2.75) is 61.9 Å². The van der Waals surface area contributed by atoms with Gasteiger partial charge in [0.2, 0.25) is 11.8 Å². The van der Waals surface area contributed by atoms with E-state index in [0.29, 0.717) is 12.8 Å². The lowest BCUT2D eigenvalue weighted by Gasteiger charge is -2.04. The van der Waals surface area contributed by atoms with Crippen LogP contribution in [0.25, 0.3) is 0 Å². The van der Waals surface area contributed by atoms with E-state index in [0.717, 1.165) is 36.2 Å². The van der Waals surface area contributed by atoms with E-state index < -0.39 is 12.2 Å². The van der Waals surface area contributed by atoms with Gasteiger partial charge in [0.05, 0.1) is 0 Å². The fraction of sp³-hybridized carbons (Fsp3) is 0.750. The van der Waals surface area contributed by atoms with Gasteiger partial charge in [-0.1, -0.05) is 43.2 Å². The van der Waals surface area contributed by atoms with E-state index >= 15 is 0 Å². The molecule has 0 aromatic carbocycles. The summed E-state index contributed by atoms with van der Waals surface area (Å²) in [6.07, 6.45) is 5.08. The monoisotopic (exact) mass is 502 g/mol. The van der Waals surface area contributed by atoms with Crippen LogP contribution < -0.4 is 22.3 Å². The molecule has 2 heterocycles. The summed E-state index contributed by atoms with van der Waals surface area (Å²) in [5, 5.41) is 17.0. The van der Waals surface area contributed by atoms with Crippen LogP contribution in [0.15, 0.2) is 0 Å². The van der Waals surface area contributed by atoms with Crippen LogP contribution >= 0.6 is 43.2 Å². The first-order valence-electron chi connectivity index (χ1n) is 9.31. The molecular weight excluding hydrogens is 472 g/mol. The van der Waals surface area contributed by atoms with E-state index in [4.69, 9.17) is 21.7 Å². The minimum atomic E-state index is -1.44. The van der Waals surface area contributed by atoms with Crippen molar-refractivity contribution in [3.8, 4) is 0 Å². The van der Waals surface area contributed by atoms with Crippen molar-refractivity contribution in [2.75, 3.05) is 11.5 Å². The van der Waals surface area contributed by atoms with Crippen molar-refractivity contribution < 1.29 is 29.4 Å². The molecule has 4 amide bonds. The Labute approximate surface area is 191 Å². The van der Waals surface area contributed by atoms with E-state index in [1.165, 1.54) is 35.2 Å². The summed E-state index contributed by atoms with van der Waals surface area (Å²) in [4.78, 5) is 39.7. The van der Waals surface area contributed by atoms with Crippen molar-refractivity contribution in [1.29, 1.82) is 0 Å². The highest BCUT2D eigenvalue weighted by molar-refractivity contribution is 8.77. The van der Waals surface area contributed by atoms with Crippen molar-refractivity contribution in [3.05, 3.63) is 0 Å². The van der Waals surface area contributed by atoms with Gasteiger partial charge >= 0.3 is 12.2 Å². The molecule has 174 valence electrons. The quantitative estimate of drug-likeness (QED) is 0.213. The van der Waals surface area contributed by atoms with Crippen molar-refractivity contribution >= 4 is 67.2 Å². The number of primary amides is 2. The average molecular weight is 503 g/mol. The van der Waals surface area contributed by atoms with Crippen molar-refractivity contribution in [2.24, 2.45) is 11.5 Å². The largest absolute Gasteiger partial charge is 0.464 e. The molecule has 2 unspecified atom stereocenters. The lowest BCUT2D eigenvalue weighted by molar-refractivity contribution is -0.119. The summed E-state index contributed by atoms with van der Waals surface area (Å²) < 4.78 is 0. The van der Waals surface area contributed by atoms with Crippen molar-refractivity contribution in [1.82, 2.24) is 10.9 Å². The first-order valence-corrected chi connectivity index (χ1v) is 14.1. The second kappa shape index (κ2) is 18.6. The van der Waals surface area contributed by atoms with Gasteiger partial charge in [-0.3, -0.25) is 9.59 Å². The van der Waals surface area contributed by atoms with E-state index in [-0.39, 0.29) is 11.8 Å². The van der Waals surface area contributed by atoms with Crippen molar-refractivity contribution in [3.63, 3.8) is 0 Å². The Morgan fingerprint density at radius 2 is 1.13 bits per heavy atom. The molecule has 2 aliphatic heterocycles. The summed E-state index contributed by atoms with van der Waals surface area (Å²) >= 11 is 0. The lowest BCUT2D eigenvalue weighted by atomic mass is 10.1. The van der Waals surface area contributed by atoms with Crippen LogP contribution in [0.2, 0.25) is 0 Å². The number of hydrazine groups is 1. The highest BCUT2D eigenvalue weighted by Crippen LogP contribution is 2.40. The molecule has 8 N–H and O–H groups in total. The highest BCUT2D eigenvalue weighted by atomic mass is 33.1. The van der Waals surface area contributed by atoms with Gasteiger partial charge < -0.3 is 21.7 Å². The molecule has 0 spiro atoms. The van der Waals surface area contributed by atoms with Gasteiger partial charge in [0.1, 0.15) is 0 Å². The number of carbonyl (C=O) groups is 4. The Bertz CT molecular complexity index is 486. The number of hydrogen-bond acceptors (Lipinski definition) is 8. The Morgan fingerprint density at radius 1 is 0.767 bits per heavy atom. The third-order valence-electron chi connectivity index (χ3n) is 3.63. The molecule has 2 atom stereocenters.